The molecule has 0 bridgehead atoms. The summed E-state index contributed by atoms with van der Waals surface area (Å²) in [6.07, 6.45) is 0. The van der Waals surface area contributed by atoms with Crippen molar-refractivity contribution in [2.24, 2.45) is 10.8 Å². The molecule has 3 N–H and O–H groups in total. The average Bonchev–Trinajstić information content (AvgIpc) is 3.60. The number of hydrogen-bond acceptors (Lipinski definition) is 12. The van der Waals surface area contributed by atoms with E-state index in [0.29, 0.717) is 21.1 Å². The number of ether oxygens (including phenoxy) is 4. The summed E-state index contributed by atoms with van der Waals surface area (Å²) in [5, 5.41) is 15.1. The number of amides is 1. The summed E-state index contributed by atoms with van der Waals surface area (Å²) < 4.78 is 19.6. The van der Waals surface area contributed by atoms with Crippen molar-refractivity contribution in [2.45, 2.75) is 53.6 Å². The number of esters is 2. The summed E-state index contributed by atoms with van der Waals surface area (Å²) in [7, 11) is 8.86. The van der Waals surface area contributed by atoms with E-state index in [2.05, 4.69) is 34.3 Å². The van der Waals surface area contributed by atoms with Crippen molar-refractivity contribution in [3.8, 4) is 23.7 Å². The Morgan fingerprint density at radius 2 is 1.12 bits per heavy atom. The molecule has 48 heavy (non-hydrogen) atoms. The molecule has 0 aromatic carbocycles. The van der Waals surface area contributed by atoms with Gasteiger partial charge in [0.2, 0.25) is 5.91 Å². The quantitative estimate of drug-likeness (QED) is 0.204. The summed E-state index contributed by atoms with van der Waals surface area (Å²) >= 11 is 2.40. The lowest BCUT2D eigenvalue weighted by Crippen LogP contribution is -2.42. The van der Waals surface area contributed by atoms with Crippen molar-refractivity contribution in [3.63, 3.8) is 0 Å². The molecular weight excluding hydrogens is 659 g/mol. The predicted molar refractivity (Wildman–Crippen MR) is 189 cm³/mol. The van der Waals surface area contributed by atoms with Gasteiger partial charge in [0.15, 0.2) is 0 Å². The van der Waals surface area contributed by atoms with Gasteiger partial charge in [0, 0.05) is 39.1 Å². The number of carbonyl (C=O) groups excluding carboxylic acids is 3. The highest BCUT2D eigenvalue weighted by atomic mass is 32.1. The topological polar surface area (TPSA) is 153 Å². The summed E-state index contributed by atoms with van der Waals surface area (Å²) in [4.78, 5) is 51.0. The minimum Gasteiger partial charge on any atom is -0.480 e. The number of carboxylic acids is 1. The number of aliphatic carboxylic acids is 1. The molecule has 264 valence electrons. The fourth-order valence-electron chi connectivity index (χ4n) is 3.48. The SMILES string of the molecule is COCC(Nc1cc(C#CC(C)(C)C)sc1C(=O)OC)C(=O)N(C)C.COCC(Nc1cc(C#CC(C)(C)C)sc1C(=O)OC)C(=O)O. The number of methoxy groups -OCH3 is 4. The Bertz CT molecular complexity index is 1540. The second kappa shape index (κ2) is 19.1. The van der Waals surface area contributed by atoms with Crippen LogP contribution in [0.3, 0.4) is 0 Å². The van der Waals surface area contributed by atoms with Gasteiger partial charge in [-0.1, -0.05) is 23.7 Å². The number of likely N-dealkylation sites (N-methyl/N-ethyl adjacent to an activating group) is 1. The molecule has 2 heterocycles. The highest BCUT2D eigenvalue weighted by molar-refractivity contribution is 7.15. The summed E-state index contributed by atoms with van der Waals surface area (Å²) in [6, 6.07) is 1.84. The third-order valence-electron chi connectivity index (χ3n) is 5.69. The van der Waals surface area contributed by atoms with Crippen LogP contribution in [0.5, 0.6) is 0 Å². The van der Waals surface area contributed by atoms with Gasteiger partial charge < -0.3 is 39.6 Å². The number of thiophene rings is 2. The van der Waals surface area contributed by atoms with Crippen LogP contribution in [-0.2, 0) is 28.5 Å². The van der Waals surface area contributed by atoms with Crippen molar-refractivity contribution in [1.82, 2.24) is 4.90 Å². The standard InChI is InChI=1S/C18H26N2O4S.C16H21NO5S/c1-18(2,3)9-8-12-10-13(15(25-12)17(22)24-7)19-14(11-23-6)16(21)20(4)5;1-16(2,3)7-6-10-8-11(13(23-10)15(20)22-5)17-12(9-21-4)14(18)19/h10,14,19H,11H2,1-7H3;8,12,17H,9H2,1-5H3,(H,18,19). The van der Waals surface area contributed by atoms with Crippen LogP contribution in [0.4, 0.5) is 11.4 Å². The van der Waals surface area contributed by atoms with Crippen molar-refractivity contribution >= 4 is 57.9 Å². The lowest BCUT2D eigenvalue weighted by molar-refractivity contribution is -0.139. The Labute approximate surface area is 291 Å². The maximum atomic E-state index is 12.3. The highest BCUT2D eigenvalue weighted by Crippen LogP contribution is 2.30. The summed E-state index contributed by atoms with van der Waals surface area (Å²) in [5.41, 5.74) is 0.572. The first-order valence-electron chi connectivity index (χ1n) is 14.7. The van der Waals surface area contributed by atoms with Crippen molar-refractivity contribution < 1.29 is 43.2 Å². The number of hydrogen-bond donors (Lipinski definition) is 3. The van der Waals surface area contributed by atoms with E-state index in [1.165, 1.54) is 44.7 Å². The van der Waals surface area contributed by atoms with Gasteiger partial charge >= 0.3 is 17.9 Å². The van der Waals surface area contributed by atoms with Gasteiger partial charge in [0.1, 0.15) is 21.8 Å². The van der Waals surface area contributed by atoms with E-state index in [1.807, 2.05) is 41.5 Å². The van der Waals surface area contributed by atoms with Gasteiger partial charge in [0.25, 0.3) is 0 Å². The van der Waals surface area contributed by atoms with E-state index >= 15 is 0 Å². The first-order valence-corrected chi connectivity index (χ1v) is 16.4. The first kappa shape index (κ1) is 41.9. The normalized spacial score (nSPS) is 12.0. The smallest absolute Gasteiger partial charge is 0.350 e. The zero-order chi connectivity index (χ0) is 36.8. The number of nitrogens with one attached hydrogen (secondary N) is 2. The van der Waals surface area contributed by atoms with E-state index in [9.17, 15) is 24.3 Å². The van der Waals surface area contributed by atoms with Crippen LogP contribution >= 0.6 is 22.7 Å². The molecule has 0 radical (unpaired) electrons. The Kier molecular flexibility index (Phi) is 16.6. The Hall–Kier alpha value is -4.08. The number of carboxylic acid groups (broad SMARTS) is 1. The molecule has 0 aliphatic carbocycles. The number of nitrogens with zero attached hydrogens (tertiary/aromatic N) is 1. The molecular formula is C34H47N3O9S2. The highest BCUT2D eigenvalue weighted by Gasteiger charge is 2.25. The average molecular weight is 706 g/mol. The van der Waals surface area contributed by atoms with Crippen LogP contribution in [0.25, 0.3) is 0 Å². The monoisotopic (exact) mass is 705 g/mol. The van der Waals surface area contributed by atoms with E-state index in [4.69, 9.17) is 18.9 Å². The third-order valence-corrected chi connectivity index (χ3v) is 7.75. The Morgan fingerprint density at radius 3 is 1.44 bits per heavy atom. The summed E-state index contributed by atoms with van der Waals surface area (Å²) in [5.74, 6) is 10.1. The maximum Gasteiger partial charge on any atom is 0.350 e. The molecule has 0 spiro atoms. The molecule has 2 atom stereocenters. The summed E-state index contributed by atoms with van der Waals surface area (Å²) in [6.45, 7) is 12.1. The van der Waals surface area contributed by atoms with E-state index in [-0.39, 0.29) is 34.8 Å². The Morgan fingerprint density at radius 1 is 0.750 bits per heavy atom. The number of carbonyl (C=O) groups is 4. The van der Waals surface area contributed by atoms with Crippen LogP contribution in [0.1, 0.15) is 70.6 Å². The Balaban J connectivity index is 0.000000482. The third kappa shape index (κ3) is 14.4. The largest absolute Gasteiger partial charge is 0.480 e. The minimum atomic E-state index is -1.07. The fourth-order valence-corrected chi connectivity index (χ4v) is 5.26. The van der Waals surface area contributed by atoms with Crippen LogP contribution in [0.2, 0.25) is 0 Å². The number of rotatable bonds is 12. The van der Waals surface area contributed by atoms with Gasteiger partial charge in [-0.3, -0.25) is 4.79 Å². The molecule has 0 aliphatic rings. The van der Waals surface area contributed by atoms with Crippen molar-refractivity contribution in [1.29, 1.82) is 0 Å². The molecule has 0 saturated heterocycles. The molecule has 2 aromatic rings. The maximum absolute atomic E-state index is 12.3. The van der Waals surface area contributed by atoms with Crippen molar-refractivity contribution in [2.75, 3.05) is 66.4 Å². The zero-order valence-corrected chi connectivity index (χ0v) is 31.3. The second-order valence-electron chi connectivity index (χ2n) is 12.6. The van der Waals surface area contributed by atoms with E-state index in [1.54, 1.807) is 26.2 Å². The molecule has 0 aliphatic heterocycles. The van der Waals surface area contributed by atoms with E-state index in [0.717, 1.165) is 16.2 Å². The van der Waals surface area contributed by atoms with Gasteiger partial charge in [-0.2, -0.15) is 0 Å². The zero-order valence-electron chi connectivity index (χ0n) is 29.7. The number of anilines is 2. The van der Waals surface area contributed by atoms with Crippen LogP contribution in [0.15, 0.2) is 12.1 Å². The van der Waals surface area contributed by atoms with Crippen molar-refractivity contribution in [3.05, 3.63) is 31.6 Å². The first-order chi connectivity index (χ1) is 22.3. The van der Waals surface area contributed by atoms with Gasteiger partial charge in [0.05, 0.1) is 48.6 Å². The lowest BCUT2D eigenvalue weighted by Gasteiger charge is -2.21. The van der Waals surface area contributed by atoms with Crippen LogP contribution < -0.4 is 10.6 Å². The van der Waals surface area contributed by atoms with Crippen LogP contribution in [0, 0.1) is 34.5 Å². The van der Waals surface area contributed by atoms with E-state index < -0.39 is 30.0 Å². The molecule has 2 unspecified atom stereocenters. The van der Waals surface area contributed by atoms with Gasteiger partial charge in [-0.15, -0.1) is 22.7 Å². The molecule has 2 aromatic heterocycles. The molecule has 12 nitrogen and oxygen atoms in total. The lowest BCUT2D eigenvalue weighted by atomic mass is 9.98. The minimum absolute atomic E-state index is 0.0329. The molecule has 0 fully saturated rings. The van der Waals surface area contributed by atoms with Gasteiger partial charge in [-0.25, -0.2) is 14.4 Å². The van der Waals surface area contributed by atoms with Crippen LogP contribution in [-0.4, -0.2) is 102 Å². The molecule has 0 saturated carbocycles. The molecule has 1 amide bonds. The second-order valence-corrected chi connectivity index (χ2v) is 14.7. The molecule has 2 rings (SSSR count). The predicted octanol–water partition coefficient (Wildman–Crippen LogP) is 4.89. The fraction of sp³-hybridized carbons (Fsp3) is 0.529. The molecule has 14 heteroatoms. The van der Waals surface area contributed by atoms with Gasteiger partial charge in [-0.05, 0) is 53.7 Å².